The number of hydrogen-bond donors (Lipinski definition) is 1. The van der Waals surface area contributed by atoms with Crippen molar-refractivity contribution in [3.05, 3.63) is 6.07 Å². The normalized spacial score (nSPS) is 19.7. The maximum atomic E-state index is 12.7. The van der Waals surface area contributed by atoms with E-state index in [0.29, 0.717) is 23.0 Å². The molecule has 0 saturated carbocycles. The van der Waals surface area contributed by atoms with Crippen LogP contribution in [0.4, 0.5) is 5.69 Å². The van der Waals surface area contributed by atoms with Gasteiger partial charge >= 0.3 is 5.97 Å². The Kier molecular flexibility index (Phi) is 4.68. The zero-order valence-electron chi connectivity index (χ0n) is 12.2. The molecule has 2 aliphatic heterocycles. The van der Waals surface area contributed by atoms with Crippen molar-refractivity contribution in [2.75, 3.05) is 30.3 Å². The van der Waals surface area contributed by atoms with Gasteiger partial charge in [-0.3, -0.25) is 14.5 Å². The Hall–Kier alpha value is -1.10. The van der Waals surface area contributed by atoms with Crippen LogP contribution >= 0.6 is 23.1 Å². The third kappa shape index (κ3) is 3.25. The molecule has 23 heavy (non-hydrogen) atoms. The molecule has 7 nitrogen and oxygen atoms in total. The molecule has 0 unspecified atom stereocenters. The summed E-state index contributed by atoms with van der Waals surface area (Å²) in [6.07, 6.45) is 2.73. The second-order valence-electron chi connectivity index (χ2n) is 5.37. The number of carbonyl (C=O) groups is 2. The second kappa shape index (κ2) is 6.42. The van der Waals surface area contributed by atoms with Crippen LogP contribution < -0.4 is 4.90 Å². The van der Waals surface area contributed by atoms with Gasteiger partial charge in [0.1, 0.15) is 10.8 Å². The van der Waals surface area contributed by atoms with E-state index in [1.54, 1.807) is 0 Å². The van der Waals surface area contributed by atoms with Crippen LogP contribution in [0.15, 0.2) is 14.5 Å². The number of carboxylic acids is 1. The van der Waals surface area contributed by atoms with E-state index in [0.717, 1.165) is 35.5 Å². The average Bonchev–Trinajstić information content (AvgIpc) is 2.96. The fourth-order valence-corrected chi connectivity index (χ4v) is 7.08. The van der Waals surface area contributed by atoms with Gasteiger partial charge in [0.05, 0.1) is 15.6 Å². The van der Waals surface area contributed by atoms with Crippen molar-refractivity contribution in [1.29, 1.82) is 0 Å². The molecule has 1 fully saturated rings. The summed E-state index contributed by atoms with van der Waals surface area (Å²) in [5.41, 5.74) is 0.397. The quantitative estimate of drug-likeness (QED) is 0.854. The number of carbonyl (C=O) groups excluding carboxylic acids is 1. The number of fused-ring (bicyclic) bond motifs is 1. The van der Waals surface area contributed by atoms with E-state index >= 15 is 0 Å². The fourth-order valence-electron chi connectivity index (χ4n) is 2.64. The number of carboxylic acid groups (broad SMARTS) is 1. The highest BCUT2D eigenvalue weighted by atomic mass is 32.3. The van der Waals surface area contributed by atoms with E-state index in [-0.39, 0.29) is 15.9 Å². The van der Waals surface area contributed by atoms with E-state index < -0.39 is 22.5 Å². The fraction of sp³-hybridized carbons (Fsp3) is 0.538. The van der Waals surface area contributed by atoms with E-state index in [9.17, 15) is 18.0 Å². The van der Waals surface area contributed by atoms with Crippen molar-refractivity contribution >= 4 is 50.7 Å². The van der Waals surface area contributed by atoms with Gasteiger partial charge in [-0.05, 0) is 18.9 Å². The number of sulfonamides is 1. The largest absolute Gasteiger partial charge is 0.480 e. The maximum Gasteiger partial charge on any atom is 0.323 e. The van der Waals surface area contributed by atoms with E-state index in [4.69, 9.17) is 5.11 Å². The Morgan fingerprint density at radius 1 is 1.26 bits per heavy atom. The predicted octanol–water partition coefficient (Wildman–Crippen LogP) is 1.45. The van der Waals surface area contributed by atoms with Gasteiger partial charge in [0, 0.05) is 13.1 Å². The van der Waals surface area contributed by atoms with Crippen molar-refractivity contribution in [1.82, 2.24) is 4.31 Å². The van der Waals surface area contributed by atoms with Gasteiger partial charge in [-0.15, -0.1) is 23.1 Å². The number of aliphatic carboxylic acids is 1. The van der Waals surface area contributed by atoms with Gasteiger partial charge in [0.2, 0.25) is 5.91 Å². The first-order valence-corrected chi connectivity index (χ1v) is 10.4. The summed E-state index contributed by atoms with van der Waals surface area (Å²) in [6, 6.07) is 1.44. The van der Waals surface area contributed by atoms with Crippen molar-refractivity contribution in [3.8, 4) is 0 Å². The van der Waals surface area contributed by atoms with Gasteiger partial charge in [-0.1, -0.05) is 6.42 Å². The first kappa shape index (κ1) is 16.7. The molecule has 3 rings (SSSR count). The minimum absolute atomic E-state index is 0.129. The maximum absolute atomic E-state index is 12.7. The summed E-state index contributed by atoms with van der Waals surface area (Å²) in [5.74, 6) is -1.31. The highest BCUT2D eigenvalue weighted by Crippen LogP contribution is 2.44. The van der Waals surface area contributed by atoms with Crippen LogP contribution in [0, 0.1) is 0 Å². The lowest BCUT2D eigenvalue weighted by molar-refractivity contribution is -0.136. The highest BCUT2D eigenvalue weighted by molar-refractivity contribution is 8.02. The third-order valence-electron chi connectivity index (χ3n) is 3.78. The average molecular weight is 376 g/mol. The van der Waals surface area contributed by atoms with Gasteiger partial charge < -0.3 is 5.11 Å². The number of thiophene rings is 1. The standard InChI is InChI=1S/C13H16N2O5S3/c16-10-8-21-13-9(15(10)7-11(17)18)6-12(22-13)23(19,20)14-4-2-1-3-5-14/h6H,1-5,7-8H2,(H,17,18). The molecule has 1 amide bonds. The number of hydrogen-bond acceptors (Lipinski definition) is 6. The predicted molar refractivity (Wildman–Crippen MR) is 87.6 cm³/mol. The lowest BCUT2D eigenvalue weighted by Crippen LogP contribution is -2.38. The van der Waals surface area contributed by atoms with Gasteiger partial charge in [-0.25, -0.2) is 8.42 Å². The zero-order chi connectivity index (χ0) is 16.6. The SMILES string of the molecule is O=C(O)CN1C(=O)CSc2sc(S(=O)(=O)N3CCCCC3)cc21. The Labute approximate surface area is 142 Å². The number of thioether (sulfide) groups is 1. The van der Waals surface area contributed by atoms with Crippen LogP contribution in [0.2, 0.25) is 0 Å². The van der Waals surface area contributed by atoms with Crippen molar-refractivity contribution in [2.24, 2.45) is 0 Å². The lowest BCUT2D eigenvalue weighted by atomic mass is 10.2. The molecule has 1 N–H and O–H groups in total. The number of nitrogens with zero attached hydrogens (tertiary/aromatic N) is 2. The van der Waals surface area contributed by atoms with Crippen molar-refractivity contribution < 1.29 is 23.1 Å². The summed E-state index contributed by atoms with van der Waals surface area (Å²) in [7, 11) is -3.57. The highest BCUT2D eigenvalue weighted by Gasteiger charge is 2.34. The topological polar surface area (TPSA) is 95.0 Å². The van der Waals surface area contributed by atoms with E-state index in [2.05, 4.69) is 0 Å². The number of anilines is 1. The van der Waals surface area contributed by atoms with E-state index in [1.807, 2.05) is 0 Å². The summed E-state index contributed by atoms with van der Waals surface area (Å²) < 4.78 is 27.8. The number of piperidine rings is 1. The summed E-state index contributed by atoms with van der Waals surface area (Å²) >= 11 is 2.38. The molecular formula is C13H16N2O5S3. The zero-order valence-corrected chi connectivity index (χ0v) is 14.7. The Balaban J connectivity index is 1.94. The van der Waals surface area contributed by atoms with Crippen LogP contribution in [0.5, 0.6) is 0 Å². The van der Waals surface area contributed by atoms with Crippen molar-refractivity contribution in [2.45, 2.75) is 27.7 Å². The minimum atomic E-state index is -3.57. The molecule has 0 atom stereocenters. The first-order valence-electron chi connectivity index (χ1n) is 7.18. The molecule has 1 aromatic rings. The molecule has 2 aliphatic rings. The molecule has 10 heteroatoms. The molecule has 0 aliphatic carbocycles. The first-order chi connectivity index (χ1) is 10.9. The van der Waals surface area contributed by atoms with Crippen LogP contribution in [0.25, 0.3) is 0 Å². The molecule has 1 aromatic heterocycles. The Morgan fingerprint density at radius 2 is 1.96 bits per heavy atom. The lowest BCUT2D eigenvalue weighted by Gasteiger charge is -2.25. The van der Waals surface area contributed by atoms with Gasteiger partial charge in [0.25, 0.3) is 10.0 Å². The smallest absolute Gasteiger partial charge is 0.323 e. The van der Waals surface area contributed by atoms with Crippen LogP contribution in [-0.4, -0.2) is 55.1 Å². The summed E-state index contributed by atoms with van der Waals surface area (Å²) in [6.45, 7) is 0.567. The molecule has 1 saturated heterocycles. The monoisotopic (exact) mass is 376 g/mol. The van der Waals surface area contributed by atoms with Crippen LogP contribution in [0.3, 0.4) is 0 Å². The molecule has 3 heterocycles. The number of rotatable bonds is 4. The second-order valence-corrected chi connectivity index (χ2v) is 9.83. The molecule has 0 radical (unpaired) electrons. The summed E-state index contributed by atoms with van der Waals surface area (Å²) in [4.78, 5) is 24.0. The van der Waals surface area contributed by atoms with E-state index in [1.165, 1.54) is 22.1 Å². The van der Waals surface area contributed by atoms with Gasteiger partial charge in [0.15, 0.2) is 0 Å². The van der Waals surface area contributed by atoms with Gasteiger partial charge in [-0.2, -0.15) is 4.31 Å². The Morgan fingerprint density at radius 3 is 2.61 bits per heavy atom. The molecule has 126 valence electrons. The number of amides is 1. The molecule has 0 bridgehead atoms. The summed E-state index contributed by atoms with van der Waals surface area (Å²) in [5, 5.41) is 8.96. The molecule has 0 aromatic carbocycles. The van der Waals surface area contributed by atoms with Crippen molar-refractivity contribution in [3.63, 3.8) is 0 Å². The molecular weight excluding hydrogens is 360 g/mol. The minimum Gasteiger partial charge on any atom is -0.480 e. The Bertz CT molecular complexity index is 737. The van der Waals surface area contributed by atoms with Crippen LogP contribution in [0.1, 0.15) is 19.3 Å². The third-order valence-corrected chi connectivity index (χ3v) is 8.51. The molecule has 0 spiro atoms. The van der Waals surface area contributed by atoms with Crippen LogP contribution in [-0.2, 0) is 19.6 Å².